The molecule has 110 valence electrons. The summed E-state index contributed by atoms with van der Waals surface area (Å²) in [4.78, 5) is 15.0. The average molecular weight is 266 g/mol. The third-order valence-corrected chi connectivity index (χ3v) is 5.02. The van der Waals surface area contributed by atoms with E-state index in [1.165, 1.54) is 25.7 Å². The Morgan fingerprint density at radius 3 is 2.53 bits per heavy atom. The van der Waals surface area contributed by atoms with E-state index in [9.17, 15) is 4.79 Å². The molecule has 19 heavy (non-hydrogen) atoms. The second-order valence-electron chi connectivity index (χ2n) is 6.48. The molecule has 1 amide bonds. The van der Waals surface area contributed by atoms with Crippen LogP contribution in [-0.4, -0.2) is 37.0 Å². The number of nitrogens with one attached hydrogen (secondary N) is 1. The van der Waals surface area contributed by atoms with Crippen molar-refractivity contribution in [3.05, 3.63) is 0 Å². The van der Waals surface area contributed by atoms with Crippen LogP contribution in [0.5, 0.6) is 0 Å². The Kier molecular flexibility index (Phi) is 5.26. The molecule has 0 aliphatic carbocycles. The van der Waals surface area contributed by atoms with Crippen LogP contribution in [0.4, 0.5) is 0 Å². The van der Waals surface area contributed by atoms with E-state index in [0.717, 1.165) is 51.4 Å². The minimum absolute atomic E-state index is 0.0770. The van der Waals surface area contributed by atoms with Gasteiger partial charge < -0.3 is 10.2 Å². The maximum absolute atomic E-state index is 12.9. The Morgan fingerprint density at radius 2 is 2.00 bits per heavy atom. The normalized spacial score (nSPS) is 28.8. The fraction of sp³-hybridized carbons (Fsp3) is 0.938. The standard InChI is InChI=1S/C16H30N2O/c1-3-5-14-6-11-18(12-7-14)15(19)16(8-4-2)9-10-17-13-16/h14,17H,3-13H2,1-2H3. The quantitative estimate of drug-likeness (QED) is 0.830. The van der Waals surface area contributed by atoms with E-state index >= 15 is 0 Å². The first kappa shape index (κ1) is 14.8. The Balaban J connectivity index is 1.92. The van der Waals surface area contributed by atoms with Crippen molar-refractivity contribution in [1.29, 1.82) is 0 Å². The zero-order chi connectivity index (χ0) is 13.7. The number of carbonyl (C=O) groups excluding carboxylic acids is 1. The number of amides is 1. The van der Waals surface area contributed by atoms with Gasteiger partial charge in [0, 0.05) is 19.6 Å². The molecule has 2 fully saturated rings. The van der Waals surface area contributed by atoms with Gasteiger partial charge in [-0.3, -0.25) is 4.79 Å². The van der Waals surface area contributed by atoms with Crippen molar-refractivity contribution in [2.45, 2.75) is 58.8 Å². The summed E-state index contributed by atoms with van der Waals surface area (Å²) in [6.45, 7) is 8.36. The first-order chi connectivity index (χ1) is 9.22. The molecule has 0 radical (unpaired) electrons. The van der Waals surface area contributed by atoms with Gasteiger partial charge in [-0.25, -0.2) is 0 Å². The molecule has 0 bridgehead atoms. The lowest BCUT2D eigenvalue weighted by atomic mass is 9.80. The van der Waals surface area contributed by atoms with Crippen molar-refractivity contribution >= 4 is 5.91 Å². The summed E-state index contributed by atoms with van der Waals surface area (Å²) in [5.41, 5.74) is -0.0770. The van der Waals surface area contributed by atoms with Gasteiger partial charge in [0.2, 0.25) is 5.91 Å². The van der Waals surface area contributed by atoms with E-state index in [4.69, 9.17) is 0 Å². The third kappa shape index (κ3) is 3.31. The molecule has 0 saturated carbocycles. The Hall–Kier alpha value is -0.570. The lowest BCUT2D eigenvalue weighted by Crippen LogP contribution is -2.48. The van der Waals surface area contributed by atoms with Gasteiger partial charge >= 0.3 is 0 Å². The fourth-order valence-corrected chi connectivity index (χ4v) is 3.89. The van der Waals surface area contributed by atoms with E-state index in [-0.39, 0.29) is 5.41 Å². The molecule has 0 spiro atoms. The topological polar surface area (TPSA) is 32.3 Å². The lowest BCUT2D eigenvalue weighted by molar-refractivity contribution is -0.143. The summed E-state index contributed by atoms with van der Waals surface area (Å²) in [6.07, 6.45) is 8.25. The van der Waals surface area contributed by atoms with Crippen LogP contribution in [0.15, 0.2) is 0 Å². The maximum Gasteiger partial charge on any atom is 0.230 e. The molecular weight excluding hydrogens is 236 g/mol. The van der Waals surface area contributed by atoms with Crippen LogP contribution in [0.25, 0.3) is 0 Å². The number of hydrogen-bond donors (Lipinski definition) is 1. The van der Waals surface area contributed by atoms with Crippen molar-refractivity contribution in [2.75, 3.05) is 26.2 Å². The van der Waals surface area contributed by atoms with Crippen molar-refractivity contribution in [3.8, 4) is 0 Å². The van der Waals surface area contributed by atoms with Gasteiger partial charge in [0.05, 0.1) is 5.41 Å². The molecular formula is C16H30N2O. The van der Waals surface area contributed by atoms with Crippen molar-refractivity contribution in [1.82, 2.24) is 10.2 Å². The molecule has 2 aliphatic rings. The predicted molar refractivity (Wildman–Crippen MR) is 79.0 cm³/mol. The number of rotatable bonds is 5. The van der Waals surface area contributed by atoms with Gasteiger partial charge in [0.15, 0.2) is 0 Å². The highest BCUT2D eigenvalue weighted by atomic mass is 16.2. The summed E-state index contributed by atoms with van der Waals surface area (Å²) in [5.74, 6) is 1.30. The molecule has 1 N–H and O–H groups in total. The van der Waals surface area contributed by atoms with Gasteiger partial charge in [-0.05, 0) is 38.1 Å². The maximum atomic E-state index is 12.9. The zero-order valence-corrected chi connectivity index (χ0v) is 12.7. The second-order valence-corrected chi connectivity index (χ2v) is 6.48. The number of piperidine rings is 1. The largest absolute Gasteiger partial charge is 0.342 e. The Morgan fingerprint density at radius 1 is 1.26 bits per heavy atom. The van der Waals surface area contributed by atoms with E-state index < -0.39 is 0 Å². The van der Waals surface area contributed by atoms with E-state index in [1.807, 2.05) is 0 Å². The lowest BCUT2D eigenvalue weighted by Gasteiger charge is -2.38. The molecule has 2 rings (SSSR count). The fourth-order valence-electron chi connectivity index (χ4n) is 3.89. The van der Waals surface area contributed by atoms with Crippen LogP contribution in [0.2, 0.25) is 0 Å². The number of hydrogen-bond acceptors (Lipinski definition) is 2. The molecule has 0 aromatic heterocycles. The van der Waals surface area contributed by atoms with Gasteiger partial charge in [0.25, 0.3) is 0 Å². The average Bonchev–Trinajstić information content (AvgIpc) is 2.89. The third-order valence-electron chi connectivity index (χ3n) is 5.02. The van der Waals surface area contributed by atoms with Crippen molar-refractivity contribution in [2.24, 2.45) is 11.3 Å². The minimum Gasteiger partial charge on any atom is -0.342 e. The molecule has 3 nitrogen and oxygen atoms in total. The summed E-state index contributed by atoms with van der Waals surface area (Å²) in [5, 5.41) is 3.40. The highest BCUT2D eigenvalue weighted by Gasteiger charge is 2.43. The van der Waals surface area contributed by atoms with Gasteiger partial charge in [-0.1, -0.05) is 33.1 Å². The molecule has 2 aliphatic heterocycles. The summed E-state index contributed by atoms with van der Waals surface area (Å²) in [7, 11) is 0. The van der Waals surface area contributed by atoms with Crippen LogP contribution in [-0.2, 0) is 4.79 Å². The Labute approximate surface area is 118 Å². The molecule has 2 saturated heterocycles. The van der Waals surface area contributed by atoms with Gasteiger partial charge in [-0.2, -0.15) is 0 Å². The van der Waals surface area contributed by atoms with Crippen LogP contribution in [0.3, 0.4) is 0 Å². The number of likely N-dealkylation sites (tertiary alicyclic amines) is 1. The number of carbonyl (C=O) groups is 1. The molecule has 3 heteroatoms. The molecule has 2 heterocycles. The van der Waals surface area contributed by atoms with Crippen LogP contribution >= 0.6 is 0 Å². The van der Waals surface area contributed by atoms with Gasteiger partial charge in [0.1, 0.15) is 0 Å². The van der Waals surface area contributed by atoms with E-state index in [2.05, 4.69) is 24.1 Å². The second kappa shape index (κ2) is 6.74. The first-order valence-corrected chi connectivity index (χ1v) is 8.22. The minimum atomic E-state index is -0.0770. The highest BCUT2D eigenvalue weighted by molar-refractivity contribution is 5.83. The van der Waals surface area contributed by atoms with Crippen LogP contribution < -0.4 is 5.32 Å². The van der Waals surface area contributed by atoms with Crippen molar-refractivity contribution in [3.63, 3.8) is 0 Å². The molecule has 0 aromatic rings. The van der Waals surface area contributed by atoms with Crippen molar-refractivity contribution < 1.29 is 4.79 Å². The summed E-state index contributed by atoms with van der Waals surface area (Å²) in [6, 6.07) is 0. The summed E-state index contributed by atoms with van der Waals surface area (Å²) >= 11 is 0. The number of nitrogens with zero attached hydrogens (tertiary/aromatic N) is 1. The molecule has 0 aromatic carbocycles. The highest BCUT2D eigenvalue weighted by Crippen LogP contribution is 2.35. The van der Waals surface area contributed by atoms with Gasteiger partial charge in [-0.15, -0.1) is 0 Å². The smallest absolute Gasteiger partial charge is 0.230 e. The predicted octanol–water partition coefficient (Wildman–Crippen LogP) is 2.80. The summed E-state index contributed by atoms with van der Waals surface area (Å²) < 4.78 is 0. The SMILES string of the molecule is CCCC1CCN(C(=O)C2(CCC)CCNC2)CC1. The Bertz CT molecular complexity index is 289. The first-order valence-electron chi connectivity index (χ1n) is 8.22. The molecule has 1 atom stereocenters. The zero-order valence-electron chi connectivity index (χ0n) is 12.7. The van der Waals surface area contributed by atoms with Crippen LogP contribution in [0, 0.1) is 11.3 Å². The van der Waals surface area contributed by atoms with E-state index in [1.54, 1.807) is 0 Å². The van der Waals surface area contributed by atoms with E-state index in [0.29, 0.717) is 5.91 Å². The monoisotopic (exact) mass is 266 g/mol. The van der Waals surface area contributed by atoms with Crippen LogP contribution in [0.1, 0.15) is 58.8 Å². The molecule has 1 unspecified atom stereocenters.